The van der Waals surface area contributed by atoms with Gasteiger partial charge in [-0.1, -0.05) is 0 Å². The third kappa shape index (κ3) is 2.98. The molecule has 2 N–H and O–H groups in total. The van der Waals surface area contributed by atoms with Crippen molar-refractivity contribution in [2.75, 3.05) is 5.73 Å². The lowest BCUT2D eigenvalue weighted by Gasteiger charge is -2.16. The fourth-order valence-electron chi connectivity index (χ4n) is 1.65. The zero-order valence-corrected chi connectivity index (χ0v) is 10.3. The largest absolute Gasteiger partial charge is 0.484 e. The third-order valence-electron chi connectivity index (χ3n) is 2.68. The predicted molar refractivity (Wildman–Crippen MR) is 70.8 cm³/mol. The number of nitrogens with zero attached hydrogens (tertiary/aromatic N) is 2. The number of ether oxygens (including phenoxy) is 1. The summed E-state index contributed by atoms with van der Waals surface area (Å²) in [4.78, 5) is 14.0. The number of nitro groups is 1. The van der Waals surface area contributed by atoms with E-state index in [1.165, 1.54) is 18.2 Å². The molecule has 2 rings (SSSR count). The van der Waals surface area contributed by atoms with Gasteiger partial charge in [0.2, 0.25) is 0 Å². The fourth-order valence-corrected chi connectivity index (χ4v) is 1.65. The second-order valence-corrected chi connectivity index (χ2v) is 4.02. The van der Waals surface area contributed by atoms with Crippen LogP contribution >= 0.6 is 0 Å². The van der Waals surface area contributed by atoms with E-state index in [-0.39, 0.29) is 17.5 Å². The number of nitro benzene ring substituents is 1. The number of nitrogens with two attached hydrogens (primary N) is 1. The summed E-state index contributed by atoms with van der Waals surface area (Å²) in [5, 5.41) is 10.6. The highest BCUT2D eigenvalue weighted by Crippen LogP contribution is 2.30. The van der Waals surface area contributed by atoms with Gasteiger partial charge in [-0.05, 0) is 30.7 Å². The van der Waals surface area contributed by atoms with Crippen molar-refractivity contribution in [3.05, 3.63) is 58.4 Å². The van der Waals surface area contributed by atoms with Gasteiger partial charge in [0.1, 0.15) is 11.9 Å². The van der Waals surface area contributed by atoms with Crippen LogP contribution < -0.4 is 10.5 Å². The first-order chi connectivity index (χ1) is 9.08. The van der Waals surface area contributed by atoms with Crippen molar-refractivity contribution < 1.29 is 9.66 Å². The van der Waals surface area contributed by atoms with Gasteiger partial charge in [0.25, 0.3) is 5.69 Å². The SMILES string of the molecule is CC(Oc1ccc([N+](=O)[O-])cc1N)c1ccncc1. The highest BCUT2D eigenvalue weighted by Gasteiger charge is 2.12. The minimum absolute atomic E-state index is 0.0542. The van der Waals surface area contributed by atoms with Gasteiger partial charge >= 0.3 is 0 Å². The van der Waals surface area contributed by atoms with Crippen molar-refractivity contribution in [1.29, 1.82) is 0 Å². The van der Waals surface area contributed by atoms with E-state index in [2.05, 4.69) is 4.98 Å². The molecule has 98 valence electrons. The second kappa shape index (κ2) is 5.34. The molecule has 0 aliphatic heterocycles. The molecular weight excluding hydrogens is 246 g/mol. The van der Waals surface area contributed by atoms with Gasteiger partial charge in [0.05, 0.1) is 10.6 Å². The molecule has 1 aromatic heterocycles. The van der Waals surface area contributed by atoms with Gasteiger partial charge in [0.15, 0.2) is 0 Å². The second-order valence-electron chi connectivity index (χ2n) is 4.02. The van der Waals surface area contributed by atoms with Crippen molar-refractivity contribution >= 4 is 11.4 Å². The molecule has 0 bridgehead atoms. The Labute approximate surface area is 110 Å². The Hall–Kier alpha value is -2.63. The summed E-state index contributed by atoms with van der Waals surface area (Å²) in [7, 11) is 0. The number of nitrogen functional groups attached to an aromatic ring is 1. The van der Waals surface area contributed by atoms with Gasteiger partial charge in [-0.25, -0.2) is 0 Å². The number of anilines is 1. The van der Waals surface area contributed by atoms with E-state index in [1.54, 1.807) is 12.4 Å². The minimum Gasteiger partial charge on any atom is -0.484 e. The Morgan fingerprint density at radius 1 is 1.32 bits per heavy atom. The molecule has 6 heteroatoms. The summed E-state index contributed by atoms with van der Waals surface area (Å²) in [6.45, 7) is 1.87. The highest BCUT2D eigenvalue weighted by molar-refractivity contribution is 5.58. The van der Waals surface area contributed by atoms with Crippen molar-refractivity contribution in [2.45, 2.75) is 13.0 Å². The monoisotopic (exact) mass is 259 g/mol. The smallest absolute Gasteiger partial charge is 0.271 e. The molecule has 0 spiro atoms. The fraction of sp³-hybridized carbons (Fsp3) is 0.154. The quantitative estimate of drug-likeness (QED) is 0.517. The molecule has 6 nitrogen and oxygen atoms in total. The number of hydrogen-bond donors (Lipinski definition) is 1. The molecular formula is C13H13N3O3. The molecule has 0 amide bonds. The first-order valence-electron chi connectivity index (χ1n) is 5.68. The summed E-state index contributed by atoms with van der Waals surface area (Å²) >= 11 is 0. The maximum absolute atomic E-state index is 10.6. The molecule has 1 heterocycles. The Kier molecular flexibility index (Phi) is 3.61. The van der Waals surface area contributed by atoms with E-state index in [1.807, 2.05) is 19.1 Å². The maximum Gasteiger partial charge on any atom is 0.271 e. The van der Waals surface area contributed by atoms with Crippen LogP contribution in [-0.4, -0.2) is 9.91 Å². The van der Waals surface area contributed by atoms with E-state index < -0.39 is 4.92 Å². The van der Waals surface area contributed by atoms with Crippen LogP contribution in [0.3, 0.4) is 0 Å². The lowest BCUT2D eigenvalue weighted by molar-refractivity contribution is -0.384. The normalized spacial score (nSPS) is 11.8. The molecule has 2 aromatic rings. The van der Waals surface area contributed by atoms with Crippen molar-refractivity contribution in [1.82, 2.24) is 4.98 Å². The van der Waals surface area contributed by atoms with Crippen LogP contribution in [0.1, 0.15) is 18.6 Å². The van der Waals surface area contributed by atoms with E-state index in [4.69, 9.17) is 10.5 Å². The van der Waals surface area contributed by atoms with Gasteiger partial charge in [0, 0.05) is 24.5 Å². The summed E-state index contributed by atoms with van der Waals surface area (Å²) in [6, 6.07) is 7.84. The van der Waals surface area contributed by atoms with Crippen molar-refractivity contribution in [3.63, 3.8) is 0 Å². The molecule has 1 aromatic carbocycles. The van der Waals surface area contributed by atoms with E-state index in [0.717, 1.165) is 5.56 Å². The first-order valence-corrected chi connectivity index (χ1v) is 5.68. The molecule has 0 saturated carbocycles. The zero-order valence-electron chi connectivity index (χ0n) is 10.3. The molecule has 19 heavy (non-hydrogen) atoms. The Bertz CT molecular complexity index is 587. The molecule has 1 atom stereocenters. The topological polar surface area (TPSA) is 91.3 Å². The predicted octanol–water partition coefficient (Wildman–Crippen LogP) is 2.71. The zero-order chi connectivity index (χ0) is 13.8. The number of pyridine rings is 1. The summed E-state index contributed by atoms with van der Waals surface area (Å²) in [5.41, 5.74) is 6.89. The standard InChI is InChI=1S/C13H13N3O3/c1-9(10-4-6-15-7-5-10)19-13-3-2-11(16(17)18)8-12(13)14/h2-9H,14H2,1H3. The molecule has 0 aliphatic rings. The van der Waals surface area contributed by atoms with Crippen LogP contribution in [0.2, 0.25) is 0 Å². The van der Waals surface area contributed by atoms with Crippen LogP contribution in [-0.2, 0) is 0 Å². The van der Waals surface area contributed by atoms with Crippen molar-refractivity contribution in [3.8, 4) is 5.75 Å². The Balaban J connectivity index is 2.18. The van der Waals surface area contributed by atoms with E-state index in [0.29, 0.717) is 5.75 Å². The van der Waals surface area contributed by atoms with Crippen molar-refractivity contribution in [2.24, 2.45) is 0 Å². The number of non-ortho nitro benzene ring substituents is 1. The van der Waals surface area contributed by atoms with Gasteiger partial charge in [-0.15, -0.1) is 0 Å². The molecule has 0 saturated heterocycles. The average Bonchev–Trinajstić information content (AvgIpc) is 2.41. The van der Waals surface area contributed by atoms with Gasteiger partial charge < -0.3 is 10.5 Å². The minimum atomic E-state index is -0.494. The van der Waals surface area contributed by atoms with Crippen LogP contribution in [0.25, 0.3) is 0 Å². The highest BCUT2D eigenvalue weighted by atomic mass is 16.6. The lowest BCUT2D eigenvalue weighted by Crippen LogP contribution is -2.05. The van der Waals surface area contributed by atoms with E-state index >= 15 is 0 Å². The third-order valence-corrected chi connectivity index (χ3v) is 2.68. The summed E-state index contributed by atoms with van der Waals surface area (Å²) < 4.78 is 5.69. The van der Waals surface area contributed by atoms with Crippen LogP contribution in [0.15, 0.2) is 42.7 Å². The Morgan fingerprint density at radius 3 is 2.58 bits per heavy atom. The Morgan fingerprint density at radius 2 is 2.00 bits per heavy atom. The summed E-state index contributed by atoms with van der Waals surface area (Å²) in [6.07, 6.45) is 3.13. The number of rotatable bonds is 4. The molecule has 0 fully saturated rings. The molecule has 0 radical (unpaired) electrons. The lowest BCUT2D eigenvalue weighted by atomic mass is 10.2. The molecule has 0 aliphatic carbocycles. The maximum atomic E-state index is 10.6. The first kappa shape index (κ1) is 12.8. The van der Waals surface area contributed by atoms with Crippen LogP contribution in [0.4, 0.5) is 11.4 Å². The summed E-state index contributed by atoms with van der Waals surface area (Å²) in [5.74, 6) is 0.426. The van der Waals surface area contributed by atoms with Gasteiger partial charge in [-0.3, -0.25) is 15.1 Å². The number of hydrogen-bond acceptors (Lipinski definition) is 5. The van der Waals surface area contributed by atoms with Gasteiger partial charge in [-0.2, -0.15) is 0 Å². The number of aromatic nitrogens is 1. The number of benzene rings is 1. The van der Waals surface area contributed by atoms with Crippen LogP contribution in [0.5, 0.6) is 5.75 Å². The average molecular weight is 259 g/mol. The molecule has 1 unspecified atom stereocenters. The van der Waals surface area contributed by atoms with E-state index in [9.17, 15) is 10.1 Å². The van der Waals surface area contributed by atoms with Crippen LogP contribution in [0, 0.1) is 10.1 Å².